The molecule has 3 aromatic rings. The molecule has 1 saturated heterocycles. The Balaban J connectivity index is 1.18. The van der Waals surface area contributed by atoms with Crippen molar-refractivity contribution in [3.05, 3.63) is 77.3 Å². The van der Waals surface area contributed by atoms with Crippen LogP contribution in [0.5, 0.6) is 11.5 Å². The van der Waals surface area contributed by atoms with E-state index >= 15 is 0 Å². The summed E-state index contributed by atoms with van der Waals surface area (Å²) >= 11 is 6.32. The molecule has 0 saturated carbocycles. The van der Waals surface area contributed by atoms with Crippen LogP contribution in [-0.2, 0) is 4.79 Å². The second-order valence-electron chi connectivity index (χ2n) is 8.33. The summed E-state index contributed by atoms with van der Waals surface area (Å²) in [5, 5.41) is 6.48. The Morgan fingerprint density at radius 3 is 2.43 bits per heavy atom. The van der Waals surface area contributed by atoms with Gasteiger partial charge in [-0.2, -0.15) is 0 Å². The standard InChI is InChI=1S/C26H25ClN4O4/c27-20-6-2-4-8-22(20)31-13-11-30(12-14-31)16-25(32)29-21-7-3-1-5-19(21)26(33)28-18-9-10-23-24(15-18)35-17-34-23/h1-10,15H,11-14,16-17H2,(H,28,33)(H,29,32). The Morgan fingerprint density at radius 2 is 1.60 bits per heavy atom. The lowest BCUT2D eigenvalue weighted by atomic mass is 10.1. The molecule has 0 unspecified atom stereocenters. The number of rotatable bonds is 6. The number of carbonyl (C=O) groups excluding carboxylic acids is 2. The second-order valence-corrected chi connectivity index (χ2v) is 8.74. The van der Waals surface area contributed by atoms with Crippen molar-refractivity contribution in [3.63, 3.8) is 0 Å². The van der Waals surface area contributed by atoms with Gasteiger partial charge in [-0.3, -0.25) is 14.5 Å². The predicted molar refractivity (Wildman–Crippen MR) is 136 cm³/mol. The molecule has 35 heavy (non-hydrogen) atoms. The van der Waals surface area contributed by atoms with Crippen molar-refractivity contribution in [2.75, 3.05) is 55.1 Å². The van der Waals surface area contributed by atoms with Crippen LogP contribution in [0.4, 0.5) is 17.1 Å². The highest BCUT2D eigenvalue weighted by molar-refractivity contribution is 6.33. The molecule has 2 amide bonds. The van der Waals surface area contributed by atoms with Crippen molar-refractivity contribution >= 4 is 40.5 Å². The molecule has 8 nitrogen and oxygen atoms in total. The number of ether oxygens (including phenoxy) is 2. The minimum atomic E-state index is -0.326. The molecule has 1 fully saturated rings. The van der Waals surface area contributed by atoms with Crippen molar-refractivity contribution in [1.29, 1.82) is 0 Å². The van der Waals surface area contributed by atoms with Gasteiger partial charge in [0, 0.05) is 37.9 Å². The monoisotopic (exact) mass is 492 g/mol. The number of nitrogens with zero attached hydrogens (tertiary/aromatic N) is 2. The SMILES string of the molecule is O=C(CN1CCN(c2ccccc2Cl)CC1)Nc1ccccc1C(=O)Nc1ccc2c(c1)OCO2. The summed E-state index contributed by atoms with van der Waals surface area (Å²) in [6.45, 7) is 3.46. The highest BCUT2D eigenvalue weighted by Gasteiger charge is 2.22. The highest BCUT2D eigenvalue weighted by atomic mass is 35.5. The van der Waals surface area contributed by atoms with Crippen LogP contribution in [0.25, 0.3) is 0 Å². The van der Waals surface area contributed by atoms with Gasteiger partial charge in [0.15, 0.2) is 11.5 Å². The lowest BCUT2D eigenvalue weighted by molar-refractivity contribution is -0.117. The zero-order valence-corrected chi connectivity index (χ0v) is 19.8. The summed E-state index contributed by atoms with van der Waals surface area (Å²) in [4.78, 5) is 30.1. The molecular weight excluding hydrogens is 468 g/mol. The number of carbonyl (C=O) groups is 2. The number of nitrogens with one attached hydrogen (secondary N) is 2. The first-order valence-electron chi connectivity index (χ1n) is 11.4. The van der Waals surface area contributed by atoms with E-state index in [2.05, 4.69) is 20.4 Å². The maximum Gasteiger partial charge on any atom is 0.257 e. The summed E-state index contributed by atoms with van der Waals surface area (Å²) in [6.07, 6.45) is 0. The maximum atomic E-state index is 12.9. The number of benzene rings is 3. The molecule has 2 heterocycles. The Kier molecular flexibility index (Phi) is 6.74. The minimum absolute atomic E-state index is 0.163. The van der Waals surface area contributed by atoms with Gasteiger partial charge < -0.3 is 25.0 Å². The van der Waals surface area contributed by atoms with Crippen molar-refractivity contribution in [1.82, 2.24) is 4.90 Å². The third kappa shape index (κ3) is 5.34. The van der Waals surface area contributed by atoms with Gasteiger partial charge in [-0.15, -0.1) is 0 Å². The van der Waals surface area contributed by atoms with E-state index < -0.39 is 0 Å². The molecular formula is C26H25ClN4O4. The molecule has 0 atom stereocenters. The topological polar surface area (TPSA) is 83.1 Å². The van der Waals surface area contributed by atoms with E-state index in [0.29, 0.717) is 28.4 Å². The van der Waals surface area contributed by atoms with Crippen LogP contribution in [0.1, 0.15) is 10.4 Å². The number of fused-ring (bicyclic) bond motifs is 1. The summed E-state index contributed by atoms with van der Waals surface area (Å²) in [7, 11) is 0. The van der Waals surface area contributed by atoms with E-state index in [9.17, 15) is 9.59 Å². The predicted octanol–water partition coefficient (Wildman–Crippen LogP) is 4.08. The van der Waals surface area contributed by atoms with E-state index in [0.717, 1.165) is 36.9 Å². The van der Waals surface area contributed by atoms with E-state index in [1.165, 1.54) is 0 Å². The average Bonchev–Trinajstić information content (AvgIpc) is 3.33. The highest BCUT2D eigenvalue weighted by Crippen LogP contribution is 2.34. The fourth-order valence-electron chi connectivity index (χ4n) is 4.21. The number of piperazine rings is 1. The van der Waals surface area contributed by atoms with Gasteiger partial charge in [0.05, 0.1) is 28.5 Å². The molecule has 0 aliphatic carbocycles. The van der Waals surface area contributed by atoms with Crippen LogP contribution in [0.2, 0.25) is 5.02 Å². The zero-order chi connectivity index (χ0) is 24.2. The molecule has 2 aliphatic heterocycles. The number of anilines is 3. The van der Waals surface area contributed by atoms with Crippen molar-refractivity contribution in [3.8, 4) is 11.5 Å². The number of para-hydroxylation sites is 2. The molecule has 2 N–H and O–H groups in total. The van der Waals surface area contributed by atoms with Gasteiger partial charge in [-0.05, 0) is 36.4 Å². The molecule has 5 rings (SSSR count). The number of hydrogen-bond acceptors (Lipinski definition) is 6. The molecule has 2 aliphatic rings. The number of hydrogen-bond donors (Lipinski definition) is 2. The number of amides is 2. The van der Waals surface area contributed by atoms with E-state index in [-0.39, 0.29) is 25.2 Å². The third-order valence-corrected chi connectivity index (χ3v) is 6.33. The second kappa shape index (κ2) is 10.2. The van der Waals surface area contributed by atoms with Crippen LogP contribution in [-0.4, -0.2) is 56.2 Å². The molecule has 0 radical (unpaired) electrons. The normalized spacial score (nSPS) is 15.1. The Bertz CT molecular complexity index is 1240. The van der Waals surface area contributed by atoms with Gasteiger partial charge in [-0.25, -0.2) is 0 Å². The molecule has 9 heteroatoms. The van der Waals surface area contributed by atoms with Crippen molar-refractivity contribution in [2.45, 2.75) is 0 Å². The Hall–Kier alpha value is -3.75. The molecule has 3 aromatic carbocycles. The van der Waals surface area contributed by atoms with E-state index in [4.69, 9.17) is 21.1 Å². The van der Waals surface area contributed by atoms with Crippen molar-refractivity contribution < 1.29 is 19.1 Å². The summed E-state index contributed by atoms with van der Waals surface area (Å²) in [5.41, 5.74) is 2.44. The summed E-state index contributed by atoms with van der Waals surface area (Å²) < 4.78 is 10.7. The zero-order valence-electron chi connectivity index (χ0n) is 19.0. The smallest absolute Gasteiger partial charge is 0.257 e. The van der Waals surface area contributed by atoms with Crippen LogP contribution in [0.15, 0.2) is 66.7 Å². The Labute approximate surface area is 208 Å². The number of halogens is 1. The molecule has 0 aromatic heterocycles. The van der Waals surface area contributed by atoms with Crippen LogP contribution < -0.4 is 25.0 Å². The lowest BCUT2D eigenvalue weighted by Crippen LogP contribution is -2.48. The Morgan fingerprint density at radius 1 is 0.857 bits per heavy atom. The molecule has 0 spiro atoms. The lowest BCUT2D eigenvalue weighted by Gasteiger charge is -2.36. The largest absolute Gasteiger partial charge is 0.454 e. The first-order chi connectivity index (χ1) is 17.1. The van der Waals surface area contributed by atoms with Crippen LogP contribution in [0.3, 0.4) is 0 Å². The molecule has 0 bridgehead atoms. The first-order valence-corrected chi connectivity index (χ1v) is 11.8. The van der Waals surface area contributed by atoms with E-state index in [1.807, 2.05) is 24.3 Å². The van der Waals surface area contributed by atoms with Crippen molar-refractivity contribution in [2.24, 2.45) is 0 Å². The average molecular weight is 493 g/mol. The summed E-state index contributed by atoms with van der Waals surface area (Å²) in [5.74, 6) is 0.732. The van der Waals surface area contributed by atoms with Gasteiger partial charge >= 0.3 is 0 Å². The quantitative estimate of drug-likeness (QED) is 0.539. The van der Waals surface area contributed by atoms with E-state index in [1.54, 1.807) is 42.5 Å². The molecule has 180 valence electrons. The minimum Gasteiger partial charge on any atom is -0.454 e. The fraction of sp³-hybridized carbons (Fsp3) is 0.231. The van der Waals surface area contributed by atoms with Gasteiger partial charge in [-0.1, -0.05) is 35.9 Å². The van der Waals surface area contributed by atoms with Gasteiger partial charge in [0.2, 0.25) is 12.7 Å². The van der Waals surface area contributed by atoms with Crippen LogP contribution >= 0.6 is 11.6 Å². The maximum absolute atomic E-state index is 12.9. The van der Waals surface area contributed by atoms with Crippen LogP contribution in [0, 0.1) is 0 Å². The first kappa shape index (κ1) is 23.0. The third-order valence-electron chi connectivity index (χ3n) is 6.01. The van der Waals surface area contributed by atoms with Gasteiger partial charge in [0.25, 0.3) is 5.91 Å². The van der Waals surface area contributed by atoms with Gasteiger partial charge in [0.1, 0.15) is 0 Å². The fourth-order valence-corrected chi connectivity index (χ4v) is 4.47. The summed E-state index contributed by atoms with van der Waals surface area (Å²) in [6, 6.07) is 19.9.